The zero-order valence-corrected chi connectivity index (χ0v) is 14.0. The third-order valence-corrected chi connectivity index (χ3v) is 3.97. The van der Waals surface area contributed by atoms with Crippen LogP contribution in [-0.4, -0.2) is 27.2 Å². The number of halogens is 1. The van der Waals surface area contributed by atoms with Crippen molar-refractivity contribution < 1.29 is 4.79 Å². The fraction of sp³-hybridized carbons (Fsp3) is 0.167. The number of hydrogen-bond donors (Lipinski definition) is 1. The molecular formula is C18H17ClN4O. The van der Waals surface area contributed by atoms with Gasteiger partial charge in [-0.05, 0) is 43.3 Å². The molecule has 3 aromatic rings. The smallest absolute Gasteiger partial charge is 0.254 e. The van der Waals surface area contributed by atoms with Crippen LogP contribution in [0.3, 0.4) is 0 Å². The lowest BCUT2D eigenvalue weighted by atomic mass is 10.2. The maximum absolute atomic E-state index is 12.3. The van der Waals surface area contributed by atoms with Gasteiger partial charge in [-0.3, -0.25) is 9.78 Å². The van der Waals surface area contributed by atoms with Crippen molar-refractivity contribution in [2.75, 3.05) is 6.54 Å². The second kappa shape index (κ2) is 7.27. The van der Waals surface area contributed by atoms with Crippen LogP contribution in [0.4, 0.5) is 0 Å². The van der Waals surface area contributed by atoms with Crippen LogP contribution in [0.1, 0.15) is 21.7 Å². The number of pyridine rings is 1. The first-order chi connectivity index (χ1) is 11.6. The van der Waals surface area contributed by atoms with Gasteiger partial charge in [0.15, 0.2) is 0 Å². The average Bonchev–Trinajstić information content (AvgIpc) is 2.98. The van der Waals surface area contributed by atoms with Gasteiger partial charge in [-0.1, -0.05) is 17.7 Å². The van der Waals surface area contributed by atoms with E-state index in [1.165, 1.54) is 0 Å². The zero-order chi connectivity index (χ0) is 16.9. The Morgan fingerprint density at radius 1 is 1.21 bits per heavy atom. The molecule has 3 rings (SSSR count). The molecule has 6 heteroatoms. The lowest BCUT2D eigenvalue weighted by molar-refractivity contribution is 0.0953. The molecule has 24 heavy (non-hydrogen) atoms. The quantitative estimate of drug-likeness (QED) is 0.776. The van der Waals surface area contributed by atoms with E-state index in [0.717, 1.165) is 17.1 Å². The van der Waals surface area contributed by atoms with Gasteiger partial charge in [0.1, 0.15) is 0 Å². The van der Waals surface area contributed by atoms with Crippen molar-refractivity contribution in [1.29, 1.82) is 0 Å². The minimum atomic E-state index is -0.136. The van der Waals surface area contributed by atoms with Crippen molar-refractivity contribution in [2.24, 2.45) is 0 Å². The Morgan fingerprint density at radius 2 is 2.00 bits per heavy atom. The third-order valence-electron chi connectivity index (χ3n) is 3.72. The highest BCUT2D eigenvalue weighted by atomic mass is 35.5. The molecule has 0 unspecified atom stereocenters. The van der Waals surface area contributed by atoms with E-state index < -0.39 is 0 Å². The van der Waals surface area contributed by atoms with E-state index in [0.29, 0.717) is 23.6 Å². The summed E-state index contributed by atoms with van der Waals surface area (Å²) in [6, 6.07) is 13.1. The lowest BCUT2D eigenvalue weighted by Gasteiger charge is -2.07. The third kappa shape index (κ3) is 3.63. The Balaban J connectivity index is 1.66. The highest BCUT2D eigenvalue weighted by Gasteiger charge is 2.14. The molecule has 5 nitrogen and oxygen atoms in total. The molecule has 0 bridgehead atoms. The van der Waals surface area contributed by atoms with Gasteiger partial charge in [0, 0.05) is 29.9 Å². The van der Waals surface area contributed by atoms with Crippen molar-refractivity contribution in [1.82, 2.24) is 20.1 Å². The topological polar surface area (TPSA) is 59.8 Å². The van der Waals surface area contributed by atoms with E-state index in [1.54, 1.807) is 29.2 Å². The summed E-state index contributed by atoms with van der Waals surface area (Å²) in [4.78, 5) is 16.6. The number of carbonyl (C=O) groups is 1. The molecule has 0 atom stereocenters. The van der Waals surface area contributed by atoms with Gasteiger partial charge in [0.25, 0.3) is 5.91 Å². The highest BCUT2D eigenvalue weighted by molar-refractivity contribution is 6.30. The molecule has 0 aliphatic heterocycles. The van der Waals surface area contributed by atoms with E-state index in [4.69, 9.17) is 11.6 Å². The fourth-order valence-electron chi connectivity index (χ4n) is 2.42. The van der Waals surface area contributed by atoms with Crippen LogP contribution in [0.2, 0.25) is 5.02 Å². The van der Waals surface area contributed by atoms with Crippen LogP contribution in [0, 0.1) is 6.92 Å². The van der Waals surface area contributed by atoms with E-state index >= 15 is 0 Å². The molecule has 0 saturated carbocycles. The monoisotopic (exact) mass is 340 g/mol. The maximum Gasteiger partial charge on any atom is 0.254 e. The molecule has 0 spiro atoms. The summed E-state index contributed by atoms with van der Waals surface area (Å²) in [6.45, 7) is 2.40. The van der Waals surface area contributed by atoms with Crippen LogP contribution in [0.5, 0.6) is 0 Å². The van der Waals surface area contributed by atoms with Crippen molar-refractivity contribution >= 4 is 17.5 Å². The molecule has 0 saturated heterocycles. The van der Waals surface area contributed by atoms with Crippen molar-refractivity contribution in [2.45, 2.75) is 13.3 Å². The number of rotatable bonds is 5. The standard InChI is InChI=1S/C18H17ClN4O/c1-13-17(12-22-23(13)16-7-5-14(19)6-8-16)18(24)21-11-9-15-4-2-3-10-20-15/h2-8,10,12H,9,11H2,1H3,(H,21,24). The van der Waals surface area contributed by atoms with Gasteiger partial charge in [-0.25, -0.2) is 4.68 Å². The van der Waals surface area contributed by atoms with Crippen molar-refractivity contribution in [3.05, 3.63) is 76.8 Å². The minimum absolute atomic E-state index is 0.136. The molecule has 1 N–H and O–H groups in total. The summed E-state index contributed by atoms with van der Waals surface area (Å²) in [5.41, 5.74) is 3.16. The number of nitrogens with one attached hydrogen (secondary N) is 1. The van der Waals surface area contributed by atoms with Gasteiger partial charge in [-0.15, -0.1) is 0 Å². The Labute approximate surface area is 145 Å². The SMILES string of the molecule is Cc1c(C(=O)NCCc2ccccn2)cnn1-c1ccc(Cl)cc1. The molecule has 0 aliphatic carbocycles. The van der Waals surface area contributed by atoms with Crippen molar-refractivity contribution in [3.63, 3.8) is 0 Å². The minimum Gasteiger partial charge on any atom is -0.352 e. The van der Waals surface area contributed by atoms with Gasteiger partial charge in [0.2, 0.25) is 0 Å². The zero-order valence-electron chi connectivity index (χ0n) is 13.2. The predicted molar refractivity (Wildman–Crippen MR) is 93.6 cm³/mol. The first kappa shape index (κ1) is 16.2. The summed E-state index contributed by atoms with van der Waals surface area (Å²) in [7, 11) is 0. The first-order valence-corrected chi connectivity index (χ1v) is 8.01. The summed E-state index contributed by atoms with van der Waals surface area (Å²) < 4.78 is 1.73. The largest absolute Gasteiger partial charge is 0.352 e. The van der Waals surface area contributed by atoms with Crippen molar-refractivity contribution in [3.8, 4) is 5.69 Å². The number of hydrogen-bond acceptors (Lipinski definition) is 3. The summed E-state index contributed by atoms with van der Waals surface area (Å²) in [5, 5.41) is 7.88. The van der Waals surface area contributed by atoms with Crippen LogP contribution in [-0.2, 0) is 6.42 Å². The molecule has 1 aromatic carbocycles. The van der Waals surface area contributed by atoms with E-state index in [1.807, 2.05) is 37.3 Å². The second-order valence-corrected chi connectivity index (χ2v) is 5.80. The normalized spacial score (nSPS) is 10.6. The average molecular weight is 341 g/mol. The number of carbonyl (C=O) groups excluding carboxylic acids is 1. The van der Waals surface area contributed by atoms with Gasteiger partial charge in [0.05, 0.1) is 23.1 Å². The Hall–Kier alpha value is -2.66. The molecule has 122 valence electrons. The first-order valence-electron chi connectivity index (χ1n) is 7.64. The van der Waals surface area contributed by atoms with Gasteiger partial charge in [-0.2, -0.15) is 5.10 Å². The molecule has 1 amide bonds. The van der Waals surface area contributed by atoms with Gasteiger partial charge >= 0.3 is 0 Å². The lowest BCUT2D eigenvalue weighted by Crippen LogP contribution is -2.26. The number of aromatic nitrogens is 3. The van der Waals surface area contributed by atoms with Crippen LogP contribution in [0.25, 0.3) is 5.69 Å². The number of nitrogens with zero attached hydrogens (tertiary/aromatic N) is 3. The molecule has 2 aromatic heterocycles. The Morgan fingerprint density at radius 3 is 2.71 bits per heavy atom. The predicted octanol–water partition coefficient (Wildman–Crippen LogP) is 3.20. The highest BCUT2D eigenvalue weighted by Crippen LogP contribution is 2.16. The maximum atomic E-state index is 12.3. The van der Waals surface area contributed by atoms with Crippen LogP contribution >= 0.6 is 11.6 Å². The Bertz CT molecular complexity index is 828. The Kier molecular flexibility index (Phi) is 4.91. The molecule has 0 fully saturated rings. The number of amides is 1. The fourth-order valence-corrected chi connectivity index (χ4v) is 2.55. The summed E-state index contributed by atoms with van der Waals surface area (Å²) >= 11 is 5.90. The van der Waals surface area contributed by atoms with E-state index in [-0.39, 0.29) is 5.91 Å². The number of benzene rings is 1. The van der Waals surface area contributed by atoms with Gasteiger partial charge < -0.3 is 5.32 Å². The van der Waals surface area contributed by atoms with E-state index in [9.17, 15) is 4.79 Å². The molecule has 2 heterocycles. The van der Waals surface area contributed by atoms with Crippen LogP contribution < -0.4 is 5.32 Å². The molecule has 0 aliphatic rings. The second-order valence-electron chi connectivity index (χ2n) is 5.36. The molecular weight excluding hydrogens is 324 g/mol. The summed E-state index contributed by atoms with van der Waals surface area (Å²) in [5.74, 6) is -0.136. The molecule has 0 radical (unpaired) electrons. The van der Waals surface area contributed by atoms with E-state index in [2.05, 4.69) is 15.4 Å². The van der Waals surface area contributed by atoms with Crippen LogP contribution in [0.15, 0.2) is 54.9 Å². The summed E-state index contributed by atoms with van der Waals surface area (Å²) in [6.07, 6.45) is 4.02.